The number of benzene rings is 1. The average molecular weight is 357 g/mol. The predicted octanol–water partition coefficient (Wildman–Crippen LogP) is 3.18. The van der Waals surface area contributed by atoms with Crippen LogP contribution < -0.4 is 11.1 Å². The third kappa shape index (κ3) is 5.45. The molecule has 1 amide bonds. The Morgan fingerprint density at radius 1 is 1.25 bits per heavy atom. The minimum Gasteiger partial charge on any atom is -0.379 e. The molecular formula is C18H29ClN2O3. The summed E-state index contributed by atoms with van der Waals surface area (Å²) in [6.45, 7) is 6.33. The average Bonchev–Trinajstić information content (AvgIpc) is 2.98. The summed E-state index contributed by atoms with van der Waals surface area (Å²) in [5.41, 5.74) is 8.41. The van der Waals surface area contributed by atoms with Gasteiger partial charge in [-0.15, -0.1) is 12.4 Å². The topological polar surface area (TPSA) is 73.6 Å². The first-order valence-corrected chi connectivity index (χ1v) is 8.41. The molecule has 0 heterocycles. The van der Waals surface area contributed by atoms with E-state index in [2.05, 4.69) is 5.32 Å². The van der Waals surface area contributed by atoms with Crippen LogP contribution in [-0.4, -0.2) is 31.3 Å². The van der Waals surface area contributed by atoms with Gasteiger partial charge in [-0.1, -0.05) is 25.0 Å². The SMILES string of the molecule is CCOCCOCc1cccc(NC(=O)C2(N)CCCC2)c1C.Cl. The zero-order chi connectivity index (χ0) is 16.7. The van der Waals surface area contributed by atoms with E-state index in [0.29, 0.717) is 26.4 Å². The van der Waals surface area contributed by atoms with Gasteiger partial charge in [-0.2, -0.15) is 0 Å². The van der Waals surface area contributed by atoms with E-state index >= 15 is 0 Å². The second-order valence-corrected chi connectivity index (χ2v) is 6.16. The molecular weight excluding hydrogens is 328 g/mol. The Bertz CT molecular complexity index is 531. The molecule has 1 aromatic carbocycles. The van der Waals surface area contributed by atoms with Gasteiger partial charge in [0.15, 0.2) is 0 Å². The van der Waals surface area contributed by atoms with Crippen LogP contribution in [0.15, 0.2) is 18.2 Å². The van der Waals surface area contributed by atoms with Gasteiger partial charge in [-0.05, 0) is 43.9 Å². The number of hydrogen-bond acceptors (Lipinski definition) is 4. The van der Waals surface area contributed by atoms with Crippen LogP contribution >= 0.6 is 12.4 Å². The van der Waals surface area contributed by atoms with Crippen molar-refractivity contribution in [3.63, 3.8) is 0 Å². The summed E-state index contributed by atoms with van der Waals surface area (Å²) in [4.78, 5) is 12.4. The third-order valence-electron chi connectivity index (χ3n) is 4.48. The van der Waals surface area contributed by atoms with Gasteiger partial charge in [0.2, 0.25) is 5.91 Å². The number of carbonyl (C=O) groups excluding carboxylic acids is 1. The highest BCUT2D eigenvalue weighted by Crippen LogP contribution is 2.29. The van der Waals surface area contributed by atoms with Crippen LogP contribution in [-0.2, 0) is 20.9 Å². The van der Waals surface area contributed by atoms with E-state index in [-0.39, 0.29) is 18.3 Å². The quantitative estimate of drug-likeness (QED) is 0.701. The fourth-order valence-electron chi connectivity index (χ4n) is 2.90. The van der Waals surface area contributed by atoms with Gasteiger partial charge in [0.05, 0.1) is 25.4 Å². The standard InChI is InChI=1S/C18H28N2O3.ClH/c1-3-22-11-12-23-13-15-7-6-8-16(14(15)2)20-17(21)18(19)9-4-5-10-18;/h6-8H,3-5,9-13,19H2,1-2H3,(H,20,21);1H. The molecule has 1 aromatic rings. The molecule has 0 spiro atoms. The van der Waals surface area contributed by atoms with Crippen molar-refractivity contribution in [1.29, 1.82) is 0 Å². The first-order valence-electron chi connectivity index (χ1n) is 8.41. The Labute approximate surface area is 150 Å². The van der Waals surface area contributed by atoms with E-state index in [9.17, 15) is 4.79 Å². The van der Waals surface area contributed by atoms with E-state index < -0.39 is 5.54 Å². The van der Waals surface area contributed by atoms with Crippen molar-refractivity contribution in [2.45, 2.75) is 51.7 Å². The highest BCUT2D eigenvalue weighted by atomic mass is 35.5. The van der Waals surface area contributed by atoms with Crippen LogP contribution in [0.1, 0.15) is 43.7 Å². The summed E-state index contributed by atoms with van der Waals surface area (Å²) in [6, 6.07) is 5.86. The molecule has 0 bridgehead atoms. The number of nitrogens with one attached hydrogen (secondary N) is 1. The first kappa shape index (κ1) is 20.9. The molecule has 1 fully saturated rings. The van der Waals surface area contributed by atoms with Gasteiger partial charge in [-0.3, -0.25) is 4.79 Å². The van der Waals surface area contributed by atoms with E-state index in [1.807, 2.05) is 32.0 Å². The summed E-state index contributed by atoms with van der Waals surface area (Å²) in [6.07, 6.45) is 3.57. The van der Waals surface area contributed by atoms with Crippen LogP contribution in [0.4, 0.5) is 5.69 Å². The minimum absolute atomic E-state index is 0. The second kappa shape index (κ2) is 9.99. The van der Waals surface area contributed by atoms with Crippen molar-refractivity contribution in [1.82, 2.24) is 0 Å². The van der Waals surface area contributed by atoms with Gasteiger partial charge in [-0.25, -0.2) is 0 Å². The molecule has 5 nitrogen and oxygen atoms in total. The van der Waals surface area contributed by atoms with Crippen LogP contribution in [0, 0.1) is 6.92 Å². The molecule has 0 aromatic heterocycles. The van der Waals surface area contributed by atoms with Crippen LogP contribution in [0.5, 0.6) is 0 Å². The molecule has 1 aliphatic rings. The van der Waals surface area contributed by atoms with Crippen molar-refractivity contribution in [3.05, 3.63) is 29.3 Å². The summed E-state index contributed by atoms with van der Waals surface area (Å²) in [7, 11) is 0. The Hall–Kier alpha value is -1.14. The fourth-order valence-corrected chi connectivity index (χ4v) is 2.90. The Morgan fingerprint density at radius 3 is 2.58 bits per heavy atom. The van der Waals surface area contributed by atoms with E-state index in [1.165, 1.54) is 0 Å². The predicted molar refractivity (Wildman–Crippen MR) is 98.6 cm³/mol. The molecule has 0 unspecified atom stereocenters. The van der Waals surface area contributed by atoms with E-state index in [1.54, 1.807) is 0 Å². The van der Waals surface area contributed by atoms with Crippen molar-refractivity contribution in [3.8, 4) is 0 Å². The van der Waals surface area contributed by atoms with Crippen molar-refractivity contribution < 1.29 is 14.3 Å². The molecule has 24 heavy (non-hydrogen) atoms. The number of anilines is 1. The molecule has 1 aliphatic carbocycles. The first-order chi connectivity index (χ1) is 11.1. The number of halogens is 1. The fraction of sp³-hybridized carbons (Fsp3) is 0.611. The summed E-state index contributed by atoms with van der Waals surface area (Å²) in [5, 5.41) is 3.00. The van der Waals surface area contributed by atoms with E-state index in [4.69, 9.17) is 15.2 Å². The molecule has 136 valence electrons. The van der Waals surface area contributed by atoms with Crippen LogP contribution in [0.25, 0.3) is 0 Å². The molecule has 0 saturated heterocycles. The lowest BCUT2D eigenvalue weighted by Crippen LogP contribution is -2.48. The molecule has 3 N–H and O–H groups in total. The zero-order valence-corrected chi connectivity index (χ0v) is 15.4. The third-order valence-corrected chi connectivity index (χ3v) is 4.48. The normalized spacial score (nSPS) is 15.8. The van der Waals surface area contributed by atoms with Crippen molar-refractivity contribution >= 4 is 24.0 Å². The number of amides is 1. The smallest absolute Gasteiger partial charge is 0.244 e. The number of hydrogen-bond donors (Lipinski definition) is 2. The lowest BCUT2D eigenvalue weighted by molar-refractivity contribution is -0.121. The maximum atomic E-state index is 12.4. The Balaban J connectivity index is 0.00000288. The van der Waals surface area contributed by atoms with Crippen LogP contribution in [0.3, 0.4) is 0 Å². The number of nitrogens with two attached hydrogens (primary N) is 1. The van der Waals surface area contributed by atoms with Gasteiger partial charge in [0.1, 0.15) is 0 Å². The highest BCUT2D eigenvalue weighted by Gasteiger charge is 2.37. The number of rotatable bonds is 8. The Kier molecular flexibility index (Phi) is 8.70. The molecule has 0 atom stereocenters. The zero-order valence-electron chi connectivity index (χ0n) is 14.6. The van der Waals surface area contributed by atoms with E-state index in [0.717, 1.165) is 42.5 Å². The largest absolute Gasteiger partial charge is 0.379 e. The van der Waals surface area contributed by atoms with Gasteiger partial charge >= 0.3 is 0 Å². The molecule has 2 rings (SSSR count). The highest BCUT2D eigenvalue weighted by molar-refractivity contribution is 5.98. The van der Waals surface area contributed by atoms with Crippen molar-refractivity contribution in [2.75, 3.05) is 25.1 Å². The van der Waals surface area contributed by atoms with Crippen molar-refractivity contribution in [2.24, 2.45) is 5.73 Å². The van der Waals surface area contributed by atoms with Gasteiger partial charge < -0.3 is 20.5 Å². The summed E-state index contributed by atoms with van der Waals surface area (Å²) in [5.74, 6) is -0.0764. The minimum atomic E-state index is -0.712. The summed E-state index contributed by atoms with van der Waals surface area (Å²) >= 11 is 0. The second-order valence-electron chi connectivity index (χ2n) is 6.16. The monoisotopic (exact) mass is 356 g/mol. The lowest BCUT2D eigenvalue weighted by atomic mass is 9.97. The van der Waals surface area contributed by atoms with Gasteiger partial charge in [0, 0.05) is 12.3 Å². The maximum Gasteiger partial charge on any atom is 0.244 e. The Morgan fingerprint density at radius 2 is 1.92 bits per heavy atom. The van der Waals surface area contributed by atoms with Crippen LogP contribution in [0.2, 0.25) is 0 Å². The number of carbonyl (C=O) groups is 1. The maximum absolute atomic E-state index is 12.4. The molecule has 0 aliphatic heterocycles. The summed E-state index contributed by atoms with van der Waals surface area (Å²) < 4.78 is 10.9. The molecule has 1 saturated carbocycles. The molecule has 6 heteroatoms. The lowest BCUT2D eigenvalue weighted by Gasteiger charge is -2.23. The molecule has 0 radical (unpaired) electrons. The van der Waals surface area contributed by atoms with Gasteiger partial charge in [0.25, 0.3) is 0 Å². The number of ether oxygens (including phenoxy) is 2.